The predicted octanol–water partition coefficient (Wildman–Crippen LogP) is 2.78. The van der Waals surface area contributed by atoms with E-state index in [1.165, 1.54) is 17.7 Å². The Balaban J connectivity index is 2.04. The van der Waals surface area contributed by atoms with E-state index >= 15 is 0 Å². The number of nitrogens with zero attached hydrogens (tertiary/aromatic N) is 1. The van der Waals surface area contributed by atoms with Crippen molar-refractivity contribution in [3.63, 3.8) is 0 Å². The first-order valence-electron chi connectivity index (χ1n) is 7.68. The van der Waals surface area contributed by atoms with Crippen molar-refractivity contribution in [1.29, 1.82) is 0 Å². The molecule has 1 aromatic heterocycles. The Morgan fingerprint density at radius 3 is 2.40 bits per heavy atom. The minimum atomic E-state index is -0.271. The lowest BCUT2D eigenvalue weighted by molar-refractivity contribution is 0.354. The molecule has 0 amide bonds. The normalized spacial score (nSPS) is 10.7. The lowest BCUT2D eigenvalue weighted by Gasteiger charge is -2.12. The number of benzene rings is 2. The first-order chi connectivity index (χ1) is 12.1. The van der Waals surface area contributed by atoms with E-state index < -0.39 is 0 Å². The highest BCUT2D eigenvalue weighted by Crippen LogP contribution is 2.29. The molecule has 1 N–H and O–H groups in total. The lowest BCUT2D eigenvalue weighted by Crippen LogP contribution is -2.20. The van der Waals surface area contributed by atoms with Gasteiger partial charge in [0.2, 0.25) is 0 Å². The van der Waals surface area contributed by atoms with Crippen LogP contribution in [-0.4, -0.2) is 31.0 Å². The molecule has 1 heterocycles. The van der Waals surface area contributed by atoms with Crippen molar-refractivity contribution in [3.05, 3.63) is 58.5 Å². The number of ether oxygens (including phenoxy) is 3. The van der Waals surface area contributed by atoms with Gasteiger partial charge in [0.25, 0.3) is 5.56 Å². The van der Waals surface area contributed by atoms with Crippen LogP contribution in [0.15, 0.2) is 47.4 Å². The van der Waals surface area contributed by atoms with Crippen molar-refractivity contribution < 1.29 is 19.3 Å². The molecule has 0 fully saturated rings. The van der Waals surface area contributed by atoms with Gasteiger partial charge in [-0.2, -0.15) is 0 Å². The van der Waals surface area contributed by atoms with Crippen molar-refractivity contribution in [3.8, 4) is 23.0 Å². The van der Waals surface area contributed by atoms with Gasteiger partial charge in [-0.1, -0.05) is 6.07 Å². The van der Waals surface area contributed by atoms with Crippen LogP contribution < -0.4 is 19.8 Å². The minimum absolute atomic E-state index is 0.0963. The zero-order valence-corrected chi connectivity index (χ0v) is 14.3. The van der Waals surface area contributed by atoms with E-state index in [4.69, 9.17) is 14.2 Å². The molecule has 0 atom stereocenters. The monoisotopic (exact) mass is 341 g/mol. The van der Waals surface area contributed by atoms with Gasteiger partial charge in [-0.15, -0.1) is 0 Å². The van der Waals surface area contributed by atoms with E-state index in [1.807, 2.05) is 12.1 Å². The van der Waals surface area contributed by atoms with Crippen LogP contribution in [-0.2, 0) is 6.54 Å². The number of rotatable bonds is 5. The van der Waals surface area contributed by atoms with Crippen LogP contribution in [0.25, 0.3) is 10.8 Å². The van der Waals surface area contributed by atoms with Crippen molar-refractivity contribution in [2.45, 2.75) is 6.54 Å². The van der Waals surface area contributed by atoms with Gasteiger partial charge in [-0.3, -0.25) is 4.79 Å². The highest BCUT2D eigenvalue weighted by atomic mass is 16.5. The van der Waals surface area contributed by atoms with E-state index in [1.54, 1.807) is 38.6 Å². The maximum Gasteiger partial charge on any atom is 0.262 e. The van der Waals surface area contributed by atoms with E-state index in [0.29, 0.717) is 29.2 Å². The number of fused-ring (bicyclic) bond motifs is 1. The second-order valence-corrected chi connectivity index (χ2v) is 5.55. The van der Waals surface area contributed by atoms with Gasteiger partial charge in [0.05, 0.1) is 33.3 Å². The molecular formula is C19H19NO5. The van der Waals surface area contributed by atoms with Gasteiger partial charge < -0.3 is 23.9 Å². The summed E-state index contributed by atoms with van der Waals surface area (Å²) in [5, 5.41) is 11.1. The molecule has 0 unspecified atom stereocenters. The fourth-order valence-corrected chi connectivity index (χ4v) is 2.79. The molecule has 25 heavy (non-hydrogen) atoms. The van der Waals surface area contributed by atoms with E-state index in [9.17, 15) is 9.90 Å². The summed E-state index contributed by atoms with van der Waals surface area (Å²) in [7, 11) is 4.65. The van der Waals surface area contributed by atoms with Crippen LogP contribution in [0, 0.1) is 0 Å². The summed E-state index contributed by atoms with van der Waals surface area (Å²) in [6.07, 6.45) is 1.69. The molecule has 130 valence electrons. The highest BCUT2D eigenvalue weighted by molar-refractivity contribution is 5.88. The summed E-state index contributed by atoms with van der Waals surface area (Å²) in [4.78, 5) is 12.7. The number of phenolic OH excluding ortho intramolecular Hbond substituents is 1. The third-order valence-electron chi connectivity index (χ3n) is 4.07. The maximum atomic E-state index is 12.7. The zero-order chi connectivity index (χ0) is 18.0. The molecule has 0 aliphatic carbocycles. The number of pyridine rings is 1. The van der Waals surface area contributed by atoms with E-state index in [2.05, 4.69) is 0 Å². The van der Waals surface area contributed by atoms with Gasteiger partial charge in [0, 0.05) is 12.3 Å². The first kappa shape index (κ1) is 16.7. The smallest absolute Gasteiger partial charge is 0.262 e. The number of aromatic nitrogens is 1. The Labute approximate surface area is 144 Å². The topological polar surface area (TPSA) is 69.9 Å². The molecule has 0 bridgehead atoms. The summed E-state index contributed by atoms with van der Waals surface area (Å²) in [5.41, 5.74) is 0.611. The van der Waals surface area contributed by atoms with Gasteiger partial charge >= 0.3 is 0 Å². The largest absolute Gasteiger partial charge is 0.507 e. The Bertz CT molecular complexity index is 977. The first-order valence-corrected chi connectivity index (χ1v) is 7.68. The standard InChI is InChI=1S/C19H19NO5/c1-23-14-9-13-6-7-20(19(22)18(13)15(21)10-14)11-12-4-5-16(24-2)17(8-12)25-3/h4-10,21H,11H2,1-3H3. The Hall–Kier alpha value is -3.15. The van der Waals surface area contributed by atoms with Crippen LogP contribution >= 0.6 is 0 Å². The summed E-state index contributed by atoms with van der Waals surface area (Å²) < 4.78 is 17.2. The predicted molar refractivity (Wildman–Crippen MR) is 95.1 cm³/mol. The van der Waals surface area contributed by atoms with Crippen LogP contribution in [0.3, 0.4) is 0 Å². The fourth-order valence-electron chi connectivity index (χ4n) is 2.79. The highest BCUT2D eigenvalue weighted by Gasteiger charge is 2.11. The fraction of sp³-hybridized carbons (Fsp3) is 0.211. The maximum absolute atomic E-state index is 12.7. The SMILES string of the molecule is COc1cc(O)c2c(=O)n(Cc3ccc(OC)c(OC)c3)ccc2c1. The van der Waals surface area contributed by atoms with Crippen LogP contribution in [0.4, 0.5) is 0 Å². The van der Waals surface area contributed by atoms with Crippen LogP contribution in [0.2, 0.25) is 0 Å². The lowest BCUT2D eigenvalue weighted by atomic mass is 10.1. The number of aromatic hydroxyl groups is 1. The van der Waals surface area contributed by atoms with Crippen LogP contribution in [0.5, 0.6) is 23.0 Å². The molecule has 0 spiro atoms. The molecule has 0 saturated carbocycles. The van der Waals surface area contributed by atoms with Gasteiger partial charge in [0.1, 0.15) is 11.5 Å². The van der Waals surface area contributed by atoms with Crippen LogP contribution in [0.1, 0.15) is 5.56 Å². The third-order valence-corrected chi connectivity index (χ3v) is 4.07. The molecule has 3 aromatic rings. The van der Waals surface area contributed by atoms with Gasteiger partial charge in [-0.25, -0.2) is 0 Å². The number of methoxy groups -OCH3 is 3. The molecule has 0 aliphatic heterocycles. The van der Waals surface area contributed by atoms with Gasteiger partial charge in [0.15, 0.2) is 11.5 Å². The average molecular weight is 341 g/mol. The van der Waals surface area contributed by atoms with Gasteiger partial charge in [-0.05, 0) is 35.2 Å². The Kier molecular flexibility index (Phi) is 4.52. The number of phenols is 1. The zero-order valence-electron chi connectivity index (χ0n) is 14.3. The second kappa shape index (κ2) is 6.76. The molecule has 6 nitrogen and oxygen atoms in total. The molecule has 0 saturated heterocycles. The van der Waals surface area contributed by atoms with E-state index in [-0.39, 0.29) is 16.7 Å². The quantitative estimate of drug-likeness (QED) is 0.773. The van der Waals surface area contributed by atoms with Crippen molar-refractivity contribution in [2.75, 3.05) is 21.3 Å². The minimum Gasteiger partial charge on any atom is -0.507 e. The summed E-state index contributed by atoms with van der Waals surface area (Å²) in [5.74, 6) is 1.63. The average Bonchev–Trinajstić information content (AvgIpc) is 2.63. The molecule has 6 heteroatoms. The van der Waals surface area contributed by atoms with Crippen molar-refractivity contribution in [1.82, 2.24) is 4.57 Å². The summed E-state index contributed by atoms with van der Waals surface area (Å²) in [6.45, 7) is 0.348. The number of hydrogen-bond donors (Lipinski definition) is 1. The molecular weight excluding hydrogens is 322 g/mol. The summed E-state index contributed by atoms with van der Waals surface area (Å²) >= 11 is 0. The molecule has 0 aliphatic rings. The van der Waals surface area contributed by atoms with Crippen molar-refractivity contribution >= 4 is 10.8 Å². The van der Waals surface area contributed by atoms with E-state index in [0.717, 1.165) is 5.56 Å². The summed E-state index contributed by atoms with van der Waals surface area (Å²) in [6, 6.07) is 10.4. The second-order valence-electron chi connectivity index (χ2n) is 5.55. The molecule has 3 rings (SSSR count). The molecule has 0 radical (unpaired) electrons. The van der Waals surface area contributed by atoms with Crippen molar-refractivity contribution in [2.24, 2.45) is 0 Å². The Morgan fingerprint density at radius 1 is 0.960 bits per heavy atom. The number of hydrogen-bond acceptors (Lipinski definition) is 5. The Morgan fingerprint density at radius 2 is 1.72 bits per heavy atom. The third kappa shape index (κ3) is 3.10. The molecule has 2 aromatic carbocycles.